The highest BCUT2D eigenvalue weighted by molar-refractivity contribution is 6.30. The number of halogens is 1. The molecule has 8 aromatic carbocycles. The van der Waals surface area contributed by atoms with Crippen LogP contribution in [0.4, 0.5) is 0 Å². The Labute approximate surface area is 648 Å². The quantitative estimate of drug-likeness (QED) is 0.0399. The van der Waals surface area contributed by atoms with Gasteiger partial charge in [0.25, 0.3) is 17.7 Å². The lowest BCUT2D eigenvalue weighted by molar-refractivity contribution is 0.0940. The monoisotopic (exact) mass is 1470 g/mol. The number of hydrogen-bond acceptors (Lipinski definition) is 6. The number of unbranched alkanes of at least 4 members (excludes halogenated alkanes) is 1. The van der Waals surface area contributed by atoms with Crippen LogP contribution in [0.25, 0.3) is 32.7 Å². The standard InChI is InChI=1S/C32H37N3O.C32H45N3O.C31H34ClN3O/c1-25-9-7-12-28(21-25)23-33-32(36)30-24-35(31-14-6-5-13-29(30)31)18-8-17-34-19-15-27(16-20-34)22-26-10-3-2-4-11-26;1-3-5-12-26(4-2)24-33-32(36)30-25-35(31-16-10-9-15-29(30)31)20-11-19-34-21-17-28(18-22-34)23-27-13-7-6-8-14-27;32-27-11-6-10-26(21-27)22-33-31(36)29-23-35(30-13-5-4-12-28(29)30)17-7-16-34-18-14-25(15-19-34)20-24-8-2-1-3-9-24/h2-7,9-14,21,24,27H,8,15-20,22-23H2,1H3,(H,33,36);6-10,13-16,25-26,28H,3-5,11-12,17-24H2,1-2H3,(H,33,36);1-6,8-13,21,23,25H,7,14-20,22H2,(H,33,36). The molecule has 3 amide bonds. The molecule has 13 heteroatoms. The maximum absolute atomic E-state index is 13.1. The van der Waals surface area contributed by atoms with Gasteiger partial charge >= 0.3 is 0 Å². The third-order valence-corrected chi connectivity index (χ3v) is 23.2. The summed E-state index contributed by atoms with van der Waals surface area (Å²) in [6.45, 7) is 21.6. The van der Waals surface area contributed by atoms with Crippen LogP contribution in [0.3, 0.4) is 0 Å². The number of carbonyl (C=O) groups is 3. The Morgan fingerprint density at radius 2 is 0.731 bits per heavy atom. The molecule has 3 N–H and O–H groups in total. The summed E-state index contributed by atoms with van der Waals surface area (Å²) >= 11 is 6.08. The minimum Gasteiger partial charge on any atom is -0.352 e. The summed E-state index contributed by atoms with van der Waals surface area (Å²) in [5.41, 5.74) is 13.5. The number of fused-ring (bicyclic) bond motifs is 3. The zero-order valence-electron chi connectivity index (χ0n) is 64.5. The van der Waals surface area contributed by atoms with Crippen molar-refractivity contribution in [3.63, 3.8) is 0 Å². The first-order valence-electron chi connectivity index (χ1n) is 40.7. The molecule has 0 spiro atoms. The predicted octanol–water partition coefficient (Wildman–Crippen LogP) is 19.7. The maximum Gasteiger partial charge on any atom is 0.253 e. The van der Waals surface area contributed by atoms with Crippen LogP contribution >= 0.6 is 11.6 Å². The molecule has 0 aliphatic carbocycles. The number of aromatic nitrogens is 3. The van der Waals surface area contributed by atoms with Crippen LogP contribution in [-0.4, -0.2) is 112 Å². The van der Waals surface area contributed by atoms with E-state index in [1.54, 1.807) is 0 Å². The number of nitrogens with zero attached hydrogens (tertiary/aromatic N) is 6. The largest absolute Gasteiger partial charge is 0.352 e. The first-order valence-corrected chi connectivity index (χ1v) is 41.0. The first-order chi connectivity index (χ1) is 53.0. The number of amides is 3. The van der Waals surface area contributed by atoms with Crippen LogP contribution in [0.15, 0.2) is 231 Å². The van der Waals surface area contributed by atoms with Gasteiger partial charge in [-0.3, -0.25) is 14.4 Å². The Bertz CT molecular complexity index is 4360. The van der Waals surface area contributed by atoms with Gasteiger partial charge in [0.05, 0.1) is 16.7 Å². The molecule has 3 aliphatic rings. The highest BCUT2D eigenvalue weighted by atomic mass is 35.5. The lowest BCUT2D eigenvalue weighted by Gasteiger charge is -2.32. The van der Waals surface area contributed by atoms with Gasteiger partial charge in [-0.2, -0.15) is 0 Å². The number of nitrogens with one attached hydrogen (secondary N) is 3. The van der Waals surface area contributed by atoms with Crippen molar-refractivity contribution in [2.24, 2.45) is 23.7 Å². The van der Waals surface area contributed by atoms with Crippen molar-refractivity contribution in [1.29, 1.82) is 0 Å². The molecule has 12 nitrogen and oxygen atoms in total. The van der Waals surface area contributed by atoms with E-state index in [9.17, 15) is 14.4 Å². The average Bonchev–Trinajstić information content (AvgIpc) is 1.66. The highest BCUT2D eigenvalue weighted by Gasteiger charge is 2.25. The zero-order chi connectivity index (χ0) is 74.7. The highest BCUT2D eigenvalue weighted by Crippen LogP contribution is 2.29. The predicted molar refractivity (Wildman–Crippen MR) is 448 cm³/mol. The number of para-hydroxylation sites is 3. The van der Waals surface area contributed by atoms with Gasteiger partial charge in [-0.15, -0.1) is 0 Å². The van der Waals surface area contributed by atoms with E-state index in [1.807, 2.05) is 73.1 Å². The Kier molecular flexibility index (Phi) is 29.8. The number of rotatable bonds is 31. The van der Waals surface area contributed by atoms with Crippen molar-refractivity contribution < 1.29 is 14.4 Å². The Balaban J connectivity index is 0.000000151. The summed E-state index contributed by atoms with van der Waals surface area (Å²) in [5, 5.41) is 13.2. The van der Waals surface area contributed by atoms with Gasteiger partial charge in [0, 0.05) is 95.6 Å². The number of benzene rings is 8. The van der Waals surface area contributed by atoms with E-state index >= 15 is 0 Å². The average molecular weight is 1470 g/mol. The van der Waals surface area contributed by atoms with Gasteiger partial charge in [-0.1, -0.05) is 232 Å². The summed E-state index contributed by atoms with van der Waals surface area (Å²) in [6, 6.07) is 73.4. The summed E-state index contributed by atoms with van der Waals surface area (Å²) in [6.07, 6.45) is 25.5. The van der Waals surface area contributed by atoms with Crippen LogP contribution in [-0.2, 0) is 52.0 Å². The Morgan fingerprint density at radius 1 is 0.389 bits per heavy atom. The number of aryl methyl sites for hydroxylation is 4. The number of hydrogen-bond donors (Lipinski definition) is 3. The molecule has 11 aromatic rings. The normalized spacial score (nSPS) is 15.1. The van der Waals surface area contributed by atoms with E-state index in [0.29, 0.717) is 24.0 Å². The lowest BCUT2D eigenvalue weighted by Crippen LogP contribution is -2.35. The molecular formula is C95H116ClN9O3. The second kappa shape index (κ2) is 41.0. The topological polar surface area (TPSA) is 112 Å². The SMILES string of the molecule is CCCCC(CC)CNC(=O)c1cn(CCCN2CCC(Cc3ccccc3)CC2)c2ccccc12.Cc1cccc(CNC(=O)c2cn(CCCN3CCC(Cc4ccccc4)CC3)c3ccccc23)c1.O=C(NCc1cccc(Cl)c1)c1cn(CCCN2CCC(Cc3ccccc3)CC2)c2ccccc12. The summed E-state index contributed by atoms with van der Waals surface area (Å²) in [5.74, 6) is 2.99. The van der Waals surface area contributed by atoms with Crippen molar-refractivity contribution in [1.82, 2.24) is 44.4 Å². The minimum atomic E-state index is -0.0505. The van der Waals surface area contributed by atoms with Crippen LogP contribution < -0.4 is 16.0 Å². The molecule has 108 heavy (non-hydrogen) atoms. The van der Waals surface area contributed by atoms with E-state index in [2.05, 4.69) is 223 Å². The second-order valence-corrected chi connectivity index (χ2v) is 31.3. The van der Waals surface area contributed by atoms with Crippen LogP contribution in [0, 0.1) is 30.6 Å². The van der Waals surface area contributed by atoms with E-state index in [0.717, 1.165) is 144 Å². The third kappa shape index (κ3) is 23.0. The molecule has 0 saturated carbocycles. The number of carbonyl (C=O) groups excluding carboxylic acids is 3. The fourth-order valence-electron chi connectivity index (χ4n) is 16.6. The van der Waals surface area contributed by atoms with E-state index in [1.165, 1.54) is 144 Å². The Hall–Kier alpha value is -9.04. The molecule has 566 valence electrons. The van der Waals surface area contributed by atoms with Gasteiger partial charge in [0.1, 0.15) is 0 Å². The van der Waals surface area contributed by atoms with Crippen molar-refractivity contribution in [2.45, 2.75) is 156 Å². The molecule has 0 bridgehead atoms. The zero-order valence-corrected chi connectivity index (χ0v) is 65.2. The molecular weight excluding hydrogens is 1350 g/mol. The molecule has 6 heterocycles. The molecule has 3 saturated heterocycles. The molecule has 1 atom stereocenters. The first kappa shape index (κ1) is 78.5. The van der Waals surface area contributed by atoms with E-state index in [-0.39, 0.29) is 17.7 Å². The second-order valence-electron chi connectivity index (χ2n) is 30.9. The van der Waals surface area contributed by atoms with Crippen molar-refractivity contribution in [3.8, 4) is 0 Å². The minimum absolute atomic E-state index is 0.00746. The maximum atomic E-state index is 13.1. The molecule has 1 unspecified atom stereocenters. The number of likely N-dealkylation sites (tertiary alicyclic amines) is 3. The molecule has 3 aliphatic heterocycles. The number of piperidine rings is 3. The smallest absolute Gasteiger partial charge is 0.253 e. The Morgan fingerprint density at radius 3 is 1.09 bits per heavy atom. The van der Waals surface area contributed by atoms with Crippen molar-refractivity contribution in [3.05, 3.63) is 286 Å². The summed E-state index contributed by atoms with van der Waals surface area (Å²) in [4.78, 5) is 47.1. The molecule has 14 rings (SSSR count). The van der Waals surface area contributed by atoms with Gasteiger partial charge in [0.2, 0.25) is 0 Å². The molecule has 3 fully saturated rings. The fraction of sp³-hybridized carbons (Fsp3) is 0.400. The van der Waals surface area contributed by atoms with Gasteiger partial charge in [-0.05, 0) is 231 Å². The molecule has 0 radical (unpaired) electrons. The van der Waals surface area contributed by atoms with Crippen LogP contribution in [0.5, 0.6) is 0 Å². The van der Waals surface area contributed by atoms with Crippen molar-refractivity contribution >= 4 is 62.0 Å². The van der Waals surface area contributed by atoms with Crippen molar-refractivity contribution in [2.75, 3.05) is 65.4 Å². The summed E-state index contributed by atoms with van der Waals surface area (Å²) in [7, 11) is 0. The van der Waals surface area contributed by atoms with Gasteiger partial charge < -0.3 is 44.4 Å². The van der Waals surface area contributed by atoms with E-state index < -0.39 is 0 Å². The molecule has 3 aromatic heterocycles. The van der Waals surface area contributed by atoms with Gasteiger partial charge in [-0.25, -0.2) is 0 Å². The van der Waals surface area contributed by atoms with Crippen LogP contribution in [0.1, 0.15) is 162 Å². The van der Waals surface area contributed by atoms with Crippen LogP contribution in [0.2, 0.25) is 5.02 Å². The van der Waals surface area contributed by atoms with E-state index in [4.69, 9.17) is 11.6 Å². The fourth-order valence-corrected chi connectivity index (χ4v) is 16.8. The van der Waals surface area contributed by atoms with Gasteiger partial charge in [0.15, 0.2) is 0 Å². The third-order valence-electron chi connectivity index (χ3n) is 22.9. The lowest BCUT2D eigenvalue weighted by atomic mass is 9.90. The summed E-state index contributed by atoms with van der Waals surface area (Å²) < 4.78 is 6.80.